The Morgan fingerprint density at radius 1 is 1.18 bits per heavy atom. The molecule has 1 aromatic rings. The van der Waals surface area contributed by atoms with Crippen LogP contribution < -0.4 is 5.73 Å². The highest BCUT2D eigenvalue weighted by molar-refractivity contribution is 5.94. The summed E-state index contributed by atoms with van der Waals surface area (Å²) in [5, 5.41) is 0. The van der Waals surface area contributed by atoms with Crippen LogP contribution in [0.15, 0.2) is 18.2 Å². The zero-order valence-electron chi connectivity index (χ0n) is 13.5. The lowest BCUT2D eigenvalue weighted by Crippen LogP contribution is -2.47. The van der Waals surface area contributed by atoms with E-state index in [1.54, 1.807) is 27.1 Å². The fourth-order valence-electron chi connectivity index (χ4n) is 2.59. The molecule has 0 saturated carbocycles. The number of carbonyl (C=O) groups excluding carboxylic acids is 2. The topological polar surface area (TPSA) is 69.9 Å². The molecule has 6 nitrogen and oxygen atoms in total. The maximum absolute atomic E-state index is 11.9. The molecule has 0 radical (unpaired) electrons. The molecule has 0 unspecified atom stereocenters. The minimum absolute atomic E-state index is 0.0478. The quantitative estimate of drug-likeness (QED) is 0.832. The molecule has 0 aliphatic carbocycles. The zero-order chi connectivity index (χ0) is 16.3. The molecule has 6 heteroatoms. The highest BCUT2D eigenvalue weighted by Gasteiger charge is 2.19. The number of amides is 2. The lowest BCUT2D eigenvalue weighted by molar-refractivity contribution is -0.130. The average Bonchev–Trinajstić information content (AvgIpc) is 2.49. The summed E-state index contributed by atoms with van der Waals surface area (Å²) >= 11 is 0. The van der Waals surface area contributed by atoms with E-state index in [-0.39, 0.29) is 11.8 Å². The van der Waals surface area contributed by atoms with Gasteiger partial charge in [-0.1, -0.05) is 6.07 Å². The van der Waals surface area contributed by atoms with Crippen LogP contribution in [0.5, 0.6) is 0 Å². The summed E-state index contributed by atoms with van der Waals surface area (Å²) in [6, 6.07) is 5.48. The van der Waals surface area contributed by atoms with E-state index in [4.69, 9.17) is 5.73 Å². The molecule has 0 aromatic heterocycles. The molecular formula is C16H24N4O2. The number of carbonyl (C=O) groups is 2. The Morgan fingerprint density at radius 2 is 1.82 bits per heavy atom. The van der Waals surface area contributed by atoms with Crippen molar-refractivity contribution in [2.24, 2.45) is 0 Å². The van der Waals surface area contributed by atoms with Gasteiger partial charge in [0.1, 0.15) is 0 Å². The number of benzene rings is 1. The summed E-state index contributed by atoms with van der Waals surface area (Å²) in [4.78, 5) is 28.9. The van der Waals surface area contributed by atoms with E-state index in [1.165, 1.54) is 4.90 Å². The Labute approximate surface area is 131 Å². The summed E-state index contributed by atoms with van der Waals surface area (Å²) in [5.41, 5.74) is 8.35. The minimum atomic E-state index is -0.0478. The van der Waals surface area contributed by atoms with Gasteiger partial charge in [0.15, 0.2) is 0 Å². The van der Waals surface area contributed by atoms with Gasteiger partial charge in [0.2, 0.25) is 5.91 Å². The van der Waals surface area contributed by atoms with Crippen molar-refractivity contribution >= 4 is 17.5 Å². The Hall–Kier alpha value is -2.08. The number of hydrogen-bond acceptors (Lipinski definition) is 4. The molecule has 1 heterocycles. The zero-order valence-corrected chi connectivity index (χ0v) is 13.5. The number of piperazine rings is 1. The summed E-state index contributed by atoms with van der Waals surface area (Å²) < 4.78 is 0. The van der Waals surface area contributed by atoms with Crippen molar-refractivity contribution < 1.29 is 9.59 Å². The average molecular weight is 304 g/mol. The number of nitrogen functional groups attached to an aromatic ring is 1. The Kier molecular flexibility index (Phi) is 5.03. The minimum Gasteiger partial charge on any atom is -0.398 e. The van der Waals surface area contributed by atoms with Gasteiger partial charge in [0, 0.05) is 65.0 Å². The van der Waals surface area contributed by atoms with Crippen LogP contribution in [0.1, 0.15) is 22.8 Å². The fraction of sp³-hybridized carbons (Fsp3) is 0.500. The third kappa shape index (κ3) is 3.76. The second kappa shape index (κ2) is 6.79. The molecule has 2 N–H and O–H groups in total. The number of hydrogen-bond donors (Lipinski definition) is 1. The van der Waals surface area contributed by atoms with Gasteiger partial charge in [-0.15, -0.1) is 0 Å². The summed E-state index contributed by atoms with van der Waals surface area (Å²) in [6.45, 7) is 5.55. The third-order valence-electron chi connectivity index (χ3n) is 4.01. The van der Waals surface area contributed by atoms with Crippen LogP contribution in [0.3, 0.4) is 0 Å². The monoisotopic (exact) mass is 304 g/mol. The Balaban J connectivity index is 1.99. The van der Waals surface area contributed by atoms with Crippen LogP contribution in [0.25, 0.3) is 0 Å². The highest BCUT2D eigenvalue weighted by Crippen LogP contribution is 2.18. The molecule has 120 valence electrons. The molecule has 0 bridgehead atoms. The molecule has 1 aromatic carbocycles. The van der Waals surface area contributed by atoms with Gasteiger partial charge in [0.25, 0.3) is 5.91 Å². The third-order valence-corrected chi connectivity index (χ3v) is 4.01. The fourth-order valence-corrected chi connectivity index (χ4v) is 2.59. The van der Waals surface area contributed by atoms with Crippen LogP contribution in [0.2, 0.25) is 0 Å². The molecule has 2 rings (SSSR count). The van der Waals surface area contributed by atoms with Crippen molar-refractivity contribution in [2.75, 3.05) is 46.0 Å². The van der Waals surface area contributed by atoms with E-state index in [0.29, 0.717) is 11.3 Å². The van der Waals surface area contributed by atoms with E-state index < -0.39 is 0 Å². The largest absolute Gasteiger partial charge is 0.398 e. The van der Waals surface area contributed by atoms with Gasteiger partial charge in [0.05, 0.1) is 0 Å². The van der Waals surface area contributed by atoms with Crippen molar-refractivity contribution in [3.8, 4) is 0 Å². The maximum atomic E-state index is 11.9. The van der Waals surface area contributed by atoms with Crippen LogP contribution in [-0.4, -0.2) is 66.8 Å². The molecule has 1 aliphatic rings. The van der Waals surface area contributed by atoms with E-state index in [2.05, 4.69) is 4.90 Å². The van der Waals surface area contributed by atoms with Crippen LogP contribution in [0, 0.1) is 0 Å². The van der Waals surface area contributed by atoms with Crippen LogP contribution in [0.4, 0.5) is 5.69 Å². The molecule has 1 saturated heterocycles. The maximum Gasteiger partial charge on any atom is 0.253 e. The lowest BCUT2D eigenvalue weighted by atomic mass is 10.1. The number of nitrogens with zero attached hydrogens (tertiary/aromatic N) is 3. The summed E-state index contributed by atoms with van der Waals surface area (Å²) in [7, 11) is 3.45. The number of nitrogens with two attached hydrogens (primary N) is 1. The molecule has 2 amide bonds. The molecule has 0 spiro atoms. The van der Waals surface area contributed by atoms with Gasteiger partial charge in [-0.05, 0) is 17.7 Å². The number of rotatable bonds is 3. The highest BCUT2D eigenvalue weighted by atomic mass is 16.2. The van der Waals surface area contributed by atoms with Gasteiger partial charge in [-0.3, -0.25) is 14.5 Å². The Morgan fingerprint density at radius 3 is 2.32 bits per heavy atom. The van der Waals surface area contributed by atoms with Crippen molar-refractivity contribution in [3.05, 3.63) is 29.3 Å². The first-order chi connectivity index (χ1) is 10.4. The summed E-state index contributed by atoms with van der Waals surface area (Å²) in [5.74, 6) is 0.0824. The van der Waals surface area contributed by atoms with Crippen LogP contribution in [-0.2, 0) is 11.3 Å². The normalized spacial score (nSPS) is 15.7. The van der Waals surface area contributed by atoms with Crippen molar-refractivity contribution in [3.63, 3.8) is 0 Å². The van der Waals surface area contributed by atoms with Gasteiger partial charge in [-0.2, -0.15) is 0 Å². The molecule has 1 fully saturated rings. The first-order valence-corrected chi connectivity index (χ1v) is 7.46. The van der Waals surface area contributed by atoms with E-state index in [9.17, 15) is 9.59 Å². The first kappa shape index (κ1) is 16.3. The SMILES string of the molecule is CC(=O)N1CCN(Cc2ccc(C(=O)N(C)C)cc2N)CC1. The first-order valence-electron chi connectivity index (χ1n) is 7.46. The second-order valence-electron chi connectivity index (χ2n) is 5.90. The summed E-state index contributed by atoms with van der Waals surface area (Å²) in [6.07, 6.45) is 0. The van der Waals surface area contributed by atoms with Gasteiger partial charge >= 0.3 is 0 Å². The molecule has 22 heavy (non-hydrogen) atoms. The van der Waals surface area contributed by atoms with Crippen molar-refractivity contribution in [2.45, 2.75) is 13.5 Å². The van der Waals surface area contributed by atoms with Gasteiger partial charge < -0.3 is 15.5 Å². The van der Waals surface area contributed by atoms with Gasteiger partial charge in [-0.25, -0.2) is 0 Å². The number of anilines is 1. The smallest absolute Gasteiger partial charge is 0.253 e. The molecular weight excluding hydrogens is 280 g/mol. The second-order valence-corrected chi connectivity index (χ2v) is 5.90. The van der Waals surface area contributed by atoms with E-state index in [1.807, 2.05) is 17.0 Å². The lowest BCUT2D eigenvalue weighted by Gasteiger charge is -2.34. The molecule has 0 atom stereocenters. The van der Waals surface area contributed by atoms with E-state index in [0.717, 1.165) is 38.3 Å². The standard InChI is InChI=1S/C16H24N4O2/c1-12(21)20-8-6-19(7-9-20)11-14-5-4-13(10-15(14)17)16(22)18(2)3/h4-5,10H,6-9,11,17H2,1-3H3. The predicted octanol–water partition coefficient (Wildman–Crippen LogP) is 0.635. The van der Waals surface area contributed by atoms with Crippen LogP contribution >= 0.6 is 0 Å². The predicted molar refractivity (Wildman–Crippen MR) is 86.4 cm³/mol. The Bertz CT molecular complexity index is 563. The van der Waals surface area contributed by atoms with Crippen molar-refractivity contribution in [1.29, 1.82) is 0 Å². The van der Waals surface area contributed by atoms with Crippen molar-refractivity contribution in [1.82, 2.24) is 14.7 Å². The van der Waals surface area contributed by atoms with E-state index >= 15 is 0 Å². The molecule has 1 aliphatic heterocycles.